The number of benzene rings is 1. The molecule has 21 heavy (non-hydrogen) atoms. The summed E-state index contributed by atoms with van der Waals surface area (Å²) in [4.78, 5) is 10.9. The number of aromatic carboxylic acids is 1. The van der Waals surface area contributed by atoms with E-state index in [0.29, 0.717) is 19.0 Å². The number of carboxylic acids is 1. The average molecular weight is 298 g/mol. The van der Waals surface area contributed by atoms with Crippen LogP contribution in [0, 0.1) is 13.8 Å². The van der Waals surface area contributed by atoms with E-state index >= 15 is 0 Å². The molecule has 0 saturated heterocycles. The van der Waals surface area contributed by atoms with E-state index in [9.17, 15) is 9.90 Å². The Bertz CT molecular complexity index is 448. The average Bonchev–Trinajstić information content (AvgIpc) is 2.42. The molecule has 0 spiro atoms. The van der Waals surface area contributed by atoms with Crippen LogP contribution in [-0.2, 0) is 9.47 Å². The maximum Gasteiger partial charge on any atom is 0.335 e. The Morgan fingerprint density at radius 3 is 2.33 bits per heavy atom. The molecule has 1 rings (SSSR count). The highest BCUT2D eigenvalue weighted by Gasteiger charge is 2.12. The minimum absolute atomic E-state index is 0.0844. The van der Waals surface area contributed by atoms with Crippen molar-refractivity contribution in [1.82, 2.24) is 0 Å². The zero-order valence-corrected chi connectivity index (χ0v) is 12.6. The number of aliphatic hydroxyl groups is 1. The van der Waals surface area contributed by atoms with Crippen molar-refractivity contribution in [3.63, 3.8) is 0 Å². The van der Waals surface area contributed by atoms with Crippen molar-refractivity contribution in [3.8, 4) is 5.75 Å². The number of carbonyl (C=O) groups is 1. The van der Waals surface area contributed by atoms with Crippen molar-refractivity contribution in [1.29, 1.82) is 0 Å². The van der Waals surface area contributed by atoms with Gasteiger partial charge in [-0.15, -0.1) is 0 Å². The lowest BCUT2D eigenvalue weighted by Crippen LogP contribution is -2.24. The number of aliphatic hydroxyl groups excluding tert-OH is 1. The first kappa shape index (κ1) is 17.4. The molecular weight excluding hydrogens is 276 g/mol. The summed E-state index contributed by atoms with van der Waals surface area (Å²) in [5, 5.41) is 18.7. The van der Waals surface area contributed by atoms with E-state index < -0.39 is 12.1 Å². The van der Waals surface area contributed by atoms with Crippen LogP contribution in [0.5, 0.6) is 5.75 Å². The van der Waals surface area contributed by atoms with Crippen LogP contribution >= 0.6 is 0 Å². The van der Waals surface area contributed by atoms with Crippen molar-refractivity contribution in [2.45, 2.75) is 20.0 Å². The fraction of sp³-hybridized carbons (Fsp3) is 0.533. The Hall–Kier alpha value is -1.63. The van der Waals surface area contributed by atoms with E-state index in [1.807, 2.05) is 0 Å². The summed E-state index contributed by atoms with van der Waals surface area (Å²) in [6, 6.07) is 3.10. The Morgan fingerprint density at radius 2 is 1.81 bits per heavy atom. The monoisotopic (exact) mass is 298 g/mol. The summed E-state index contributed by atoms with van der Waals surface area (Å²) in [5.74, 6) is -0.379. The van der Waals surface area contributed by atoms with Gasteiger partial charge in [0.1, 0.15) is 18.5 Å². The predicted octanol–water partition coefficient (Wildman–Crippen LogP) is 1.40. The molecule has 0 aliphatic carbocycles. The third-order valence-corrected chi connectivity index (χ3v) is 2.87. The van der Waals surface area contributed by atoms with Gasteiger partial charge in [-0.3, -0.25) is 0 Å². The molecule has 1 unspecified atom stereocenters. The Balaban J connectivity index is 2.53. The summed E-state index contributed by atoms with van der Waals surface area (Å²) in [5.41, 5.74) is 1.67. The van der Waals surface area contributed by atoms with E-state index in [-0.39, 0.29) is 18.8 Å². The second-order valence-electron chi connectivity index (χ2n) is 4.78. The van der Waals surface area contributed by atoms with Crippen LogP contribution in [-0.4, -0.2) is 55.8 Å². The molecule has 0 fully saturated rings. The lowest BCUT2D eigenvalue weighted by molar-refractivity contribution is -0.00437. The number of methoxy groups -OCH3 is 1. The van der Waals surface area contributed by atoms with Gasteiger partial charge in [-0.25, -0.2) is 4.79 Å². The lowest BCUT2D eigenvalue weighted by Gasteiger charge is -2.16. The summed E-state index contributed by atoms with van der Waals surface area (Å²) >= 11 is 0. The van der Waals surface area contributed by atoms with Gasteiger partial charge in [0.15, 0.2) is 0 Å². The van der Waals surface area contributed by atoms with Gasteiger partial charge in [0.2, 0.25) is 0 Å². The summed E-state index contributed by atoms with van der Waals surface area (Å²) in [7, 11) is 1.58. The third kappa shape index (κ3) is 5.71. The molecule has 0 aromatic heterocycles. The molecule has 0 radical (unpaired) electrons. The van der Waals surface area contributed by atoms with E-state index in [0.717, 1.165) is 11.1 Å². The molecular formula is C15H22O6. The molecule has 0 amide bonds. The predicted molar refractivity (Wildman–Crippen MR) is 77.1 cm³/mol. The summed E-state index contributed by atoms with van der Waals surface area (Å²) in [6.07, 6.45) is -0.750. The van der Waals surface area contributed by atoms with Gasteiger partial charge in [-0.05, 0) is 37.1 Å². The normalized spacial score (nSPS) is 12.2. The standard InChI is InChI=1S/C15H22O6/c1-10-6-12(15(17)18)7-11(2)14(10)21-9-13(16)8-20-5-4-19-3/h6-7,13,16H,4-5,8-9H2,1-3H3,(H,17,18). The van der Waals surface area contributed by atoms with Crippen LogP contribution in [0.2, 0.25) is 0 Å². The van der Waals surface area contributed by atoms with E-state index in [1.165, 1.54) is 0 Å². The highest BCUT2D eigenvalue weighted by atomic mass is 16.5. The molecule has 0 heterocycles. The van der Waals surface area contributed by atoms with Gasteiger partial charge >= 0.3 is 5.97 Å². The number of hydrogen-bond donors (Lipinski definition) is 2. The number of rotatable bonds is 9. The quantitative estimate of drug-likeness (QED) is 0.670. The zero-order chi connectivity index (χ0) is 15.8. The first-order valence-electron chi connectivity index (χ1n) is 6.67. The van der Waals surface area contributed by atoms with Crippen LogP contribution in [0.15, 0.2) is 12.1 Å². The van der Waals surface area contributed by atoms with E-state index in [1.54, 1.807) is 33.1 Å². The Morgan fingerprint density at radius 1 is 1.19 bits per heavy atom. The largest absolute Gasteiger partial charge is 0.490 e. The Labute approximate surface area is 124 Å². The molecule has 0 saturated carbocycles. The van der Waals surface area contributed by atoms with Gasteiger partial charge in [0.25, 0.3) is 0 Å². The molecule has 6 nitrogen and oxygen atoms in total. The number of ether oxygens (including phenoxy) is 3. The fourth-order valence-corrected chi connectivity index (χ4v) is 1.89. The van der Waals surface area contributed by atoms with Gasteiger partial charge in [0, 0.05) is 7.11 Å². The highest BCUT2D eigenvalue weighted by molar-refractivity contribution is 5.88. The molecule has 1 aromatic carbocycles. The fourth-order valence-electron chi connectivity index (χ4n) is 1.89. The summed E-state index contributed by atoms with van der Waals surface area (Å²) < 4.78 is 15.6. The van der Waals surface area contributed by atoms with E-state index in [2.05, 4.69) is 0 Å². The van der Waals surface area contributed by atoms with Gasteiger partial charge < -0.3 is 24.4 Å². The van der Waals surface area contributed by atoms with Crippen LogP contribution < -0.4 is 4.74 Å². The number of aryl methyl sites for hydroxylation is 2. The minimum Gasteiger partial charge on any atom is -0.490 e. The second-order valence-corrected chi connectivity index (χ2v) is 4.78. The number of hydrogen-bond acceptors (Lipinski definition) is 5. The van der Waals surface area contributed by atoms with E-state index in [4.69, 9.17) is 19.3 Å². The van der Waals surface area contributed by atoms with Crippen LogP contribution in [0.3, 0.4) is 0 Å². The van der Waals surface area contributed by atoms with Gasteiger partial charge in [0.05, 0.1) is 25.4 Å². The molecule has 6 heteroatoms. The van der Waals surface area contributed by atoms with Crippen molar-refractivity contribution >= 4 is 5.97 Å². The maximum absolute atomic E-state index is 10.9. The molecule has 1 atom stereocenters. The van der Waals surface area contributed by atoms with Crippen LogP contribution in [0.1, 0.15) is 21.5 Å². The molecule has 1 aromatic rings. The maximum atomic E-state index is 10.9. The van der Waals surface area contributed by atoms with Crippen molar-refractivity contribution in [3.05, 3.63) is 28.8 Å². The van der Waals surface area contributed by atoms with Crippen LogP contribution in [0.25, 0.3) is 0 Å². The summed E-state index contributed by atoms with van der Waals surface area (Å²) in [6.45, 7) is 4.68. The van der Waals surface area contributed by atoms with Crippen molar-refractivity contribution < 1.29 is 29.2 Å². The molecule has 0 aliphatic heterocycles. The highest BCUT2D eigenvalue weighted by Crippen LogP contribution is 2.25. The second kappa shape index (κ2) is 8.61. The first-order valence-corrected chi connectivity index (χ1v) is 6.67. The topological polar surface area (TPSA) is 85.2 Å². The Kier molecular flexibility index (Phi) is 7.14. The van der Waals surface area contributed by atoms with Crippen molar-refractivity contribution in [2.75, 3.05) is 33.5 Å². The number of carboxylic acid groups (broad SMARTS) is 1. The van der Waals surface area contributed by atoms with Crippen LogP contribution in [0.4, 0.5) is 0 Å². The van der Waals surface area contributed by atoms with Crippen molar-refractivity contribution in [2.24, 2.45) is 0 Å². The molecule has 118 valence electrons. The zero-order valence-electron chi connectivity index (χ0n) is 12.6. The first-order chi connectivity index (χ1) is 9.95. The minimum atomic E-state index is -0.973. The molecule has 2 N–H and O–H groups in total. The van der Waals surface area contributed by atoms with Gasteiger partial charge in [-0.2, -0.15) is 0 Å². The molecule has 0 aliphatic rings. The lowest BCUT2D eigenvalue weighted by atomic mass is 10.1. The third-order valence-electron chi connectivity index (χ3n) is 2.87. The van der Waals surface area contributed by atoms with Gasteiger partial charge in [-0.1, -0.05) is 0 Å². The smallest absolute Gasteiger partial charge is 0.335 e. The molecule has 0 bridgehead atoms. The SMILES string of the molecule is COCCOCC(O)COc1c(C)cc(C(=O)O)cc1C.